The first kappa shape index (κ1) is 37.9. The maximum absolute atomic E-state index is 12.5. The summed E-state index contributed by atoms with van der Waals surface area (Å²) in [5, 5.41) is 33.9. The van der Waals surface area contributed by atoms with Gasteiger partial charge in [0.25, 0.3) is 0 Å². The average Bonchev–Trinajstić information content (AvgIpc) is 2.95. The number of unbranched alkanes of at least 4 members (excludes halogenated alkanes) is 1. The van der Waals surface area contributed by atoms with Crippen LogP contribution in [0.25, 0.3) is 0 Å². The van der Waals surface area contributed by atoms with E-state index in [2.05, 4.69) is 31.6 Å². The van der Waals surface area contributed by atoms with Crippen LogP contribution in [0.1, 0.15) is 50.5 Å². The standard InChI is InChI=1S/C28H50N10O6/c29-21(6-3-14-37-28(31)32)26(43)35-15-5-12-34-11-4-10-33-9-1-2-13-36-27(44)22(18-24(30)41)38-25(42)16-19-7-8-20(39)17-23(19)40/h7-8,17,21-22,33-34,39-40H,1-6,9-16,18,29H2,(H2,30,41)(H,35,43)(H,36,44)(H,38,42)(H4,31,32,37)/t21-,22-/m0/s1. The van der Waals surface area contributed by atoms with E-state index in [1.165, 1.54) is 12.1 Å². The zero-order valence-electron chi connectivity index (χ0n) is 25.3. The lowest BCUT2D eigenvalue weighted by molar-refractivity contribution is -0.131. The normalized spacial score (nSPS) is 12.1. The number of aliphatic imine (C=N–C) groups is 1. The SMILES string of the molecule is NC(=O)C[C@H](NC(=O)Cc1ccc(O)cc1O)C(=O)NCCCCNCCCNCCCNC(=O)[C@@H](N)CCCN=C(N)N. The van der Waals surface area contributed by atoms with Crippen LogP contribution < -0.4 is 49.5 Å². The van der Waals surface area contributed by atoms with Crippen LogP contribution in [0.2, 0.25) is 0 Å². The molecule has 0 saturated carbocycles. The summed E-state index contributed by atoms with van der Waals surface area (Å²) in [5.41, 5.74) is 21.9. The van der Waals surface area contributed by atoms with Crippen molar-refractivity contribution in [3.63, 3.8) is 0 Å². The van der Waals surface area contributed by atoms with E-state index in [1.54, 1.807) is 0 Å². The molecule has 0 bridgehead atoms. The van der Waals surface area contributed by atoms with Crippen LogP contribution in [0.3, 0.4) is 0 Å². The minimum absolute atomic E-state index is 0.0258. The molecule has 0 radical (unpaired) electrons. The lowest BCUT2D eigenvalue weighted by Gasteiger charge is -2.17. The molecule has 248 valence electrons. The number of guanidine groups is 1. The average molecular weight is 623 g/mol. The van der Waals surface area contributed by atoms with Crippen molar-refractivity contribution in [2.24, 2.45) is 27.9 Å². The first-order valence-electron chi connectivity index (χ1n) is 14.9. The number of hydrogen-bond donors (Lipinski definition) is 11. The number of phenols is 2. The van der Waals surface area contributed by atoms with E-state index in [9.17, 15) is 29.4 Å². The summed E-state index contributed by atoms with van der Waals surface area (Å²) in [6, 6.07) is 2.12. The molecule has 0 spiro atoms. The van der Waals surface area contributed by atoms with Gasteiger partial charge in [-0.2, -0.15) is 0 Å². The van der Waals surface area contributed by atoms with Crippen molar-refractivity contribution < 1.29 is 29.4 Å². The van der Waals surface area contributed by atoms with E-state index in [4.69, 9.17) is 22.9 Å². The molecule has 16 nitrogen and oxygen atoms in total. The maximum atomic E-state index is 12.5. The van der Waals surface area contributed by atoms with Gasteiger partial charge in [-0.05, 0) is 70.8 Å². The van der Waals surface area contributed by atoms with E-state index in [-0.39, 0.29) is 41.8 Å². The second-order valence-corrected chi connectivity index (χ2v) is 10.3. The molecule has 0 aliphatic carbocycles. The van der Waals surface area contributed by atoms with Gasteiger partial charge in [-0.1, -0.05) is 6.07 Å². The summed E-state index contributed by atoms with van der Waals surface area (Å²) in [7, 11) is 0. The van der Waals surface area contributed by atoms with E-state index in [0.717, 1.165) is 51.5 Å². The fourth-order valence-electron chi connectivity index (χ4n) is 4.04. The summed E-state index contributed by atoms with van der Waals surface area (Å²) in [6.07, 6.45) is 3.78. The van der Waals surface area contributed by atoms with Crippen molar-refractivity contribution in [2.45, 2.75) is 63.5 Å². The first-order chi connectivity index (χ1) is 21.0. The fourth-order valence-corrected chi connectivity index (χ4v) is 4.04. The molecule has 0 aromatic heterocycles. The van der Waals surface area contributed by atoms with Crippen molar-refractivity contribution >= 4 is 29.6 Å². The number of amides is 4. The van der Waals surface area contributed by atoms with Crippen LogP contribution in [-0.2, 0) is 25.6 Å². The Kier molecular flexibility index (Phi) is 19.3. The van der Waals surface area contributed by atoms with E-state index < -0.39 is 29.8 Å². The maximum Gasteiger partial charge on any atom is 0.243 e. The Morgan fingerprint density at radius 2 is 1.39 bits per heavy atom. The Bertz CT molecular complexity index is 1070. The Morgan fingerprint density at radius 3 is 2.02 bits per heavy atom. The number of nitrogens with one attached hydrogen (secondary N) is 5. The van der Waals surface area contributed by atoms with Crippen LogP contribution >= 0.6 is 0 Å². The minimum atomic E-state index is -1.13. The Morgan fingerprint density at radius 1 is 0.795 bits per heavy atom. The molecule has 0 fully saturated rings. The molecular weight excluding hydrogens is 572 g/mol. The Hall–Kier alpha value is -4.15. The highest BCUT2D eigenvalue weighted by atomic mass is 16.3. The highest BCUT2D eigenvalue weighted by Gasteiger charge is 2.23. The summed E-state index contributed by atoms with van der Waals surface area (Å²) < 4.78 is 0. The van der Waals surface area contributed by atoms with Crippen LogP contribution in [0.4, 0.5) is 0 Å². The molecule has 16 heteroatoms. The molecule has 1 rings (SSSR count). The van der Waals surface area contributed by atoms with Gasteiger partial charge in [0.1, 0.15) is 17.5 Å². The second-order valence-electron chi connectivity index (χ2n) is 10.3. The summed E-state index contributed by atoms with van der Waals surface area (Å²) >= 11 is 0. The number of aromatic hydroxyl groups is 2. The van der Waals surface area contributed by atoms with Crippen LogP contribution in [-0.4, -0.2) is 97.7 Å². The fraction of sp³-hybridized carbons (Fsp3) is 0.607. The predicted molar refractivity (Wildman–Crippen MR) is 167 cm³/mol. The van der Waals surface area contributed by atoms with E-state index >= 15 is 0 Å². The lowest BCUT2D eigenvalue weighted by atomic mass is 10.1. The zero-order valence-corrected chi connectivity index (χ0v) is 25.3. The Labute approximate surface area is 258 Å². The molecule has 2 atom stereocenters. The van der Waals surface area contributed by atoms with Crippen molar-refractivity contribution in [1.82, 2.24) is 26.6 Å². The van der Waals surface area contributed by atoms with Gasteiger partial charge >= 0.3 is 0 Å². The first-order valence-corrected chi connectivity index (χ1v) is 14.9. The van der Waals surface area contributed by atoms with Crippen molar-refractivity contribution in [2.75, 3.05) is 45.8 Å². The van der Waals surface area contributed by atoms with Gasteiger partial charge in [0, 0.05) is 31.3 Å². The van der Waals surface area contributed by atoms with Crippen LogP contribution in [0, 0.1) is 0 Å². The molecule has 0 heterocycles. The van der Waals surface area contributed by atoms with Gasteiger partial charge in [0.05, 0.1) is 18.9 Å². The van der Waals surface area contributed by atoms with Gasteiger partial charge in [0.2, 0.25) is 23.6 Å². The largest absolute Gasteiger partial charge is 0.508 e. The number of phenolic OH excluding ortho intramolecular Hbond substituents is 2. The summed E-state index contributed by atoms with van der Waals surface area (Å²) in [6.45, 7) is 4.56. The highest BCUT2D eigenvalue weighted by Crippen LogP contribution is 2.22. The molecule has 0 unspecified atom stereocenters. The topological polar surface area (TPSA) is 285 Å². The van der Waals surface area contributed by atoms with Gasteiger partial charge in [-0.3, -0.25) is 24.2 Å². The number of primary amides is 1. The van der Waals surface area contributed by atoms with Crippen LogP contribution in [0.15, 0.2) is 23.2 Å². The number of nitrogens with two attached hydrogens (primary N) is 4. The molecule has 0 saturated heterocycles. The van der Waals surface area contributed by atoms with Gasteiger partial charge < -0.3 is 59.7 Å². The molecule has 15 N–H and O–H groups in total. The van der Waals surface area contributed by atoms with E-state index in [0.29, 0.717) is 38.9 Å². The molecular formula is C28H50N10O6. The van der Waals surface area contributed by atoms with Crippen LogP contribution in [0.5, 0.6) is 11.5 Å². The van der Waals surface area contributed by atoms with Gasteiger partial charge in [-0.25, -0.2) is 0 Å². The number of carbonyl (C=O) groups excluding carboxylic acids is 4. The third-order valence-electron chi connectivity index (χ3n) is 6.40. The molecule has 1 aromatic carbocycles. The zero-order chi connectivity index (χ0) is 32.7. The lowest BCUT2D eigenvalue weighted by Crippen LogP contribution is -2.49. The monoisotopic (exact) mass is 622 g/mol. The van der Waals surface area contributed by atoms with Gasteiger partial charge in [0.15, 0.2) is 5.96 Å². The second kappa shape index (κ2) is 22.4. The number of nitrogens with zero attached hydrogens (tertiary/aromatic N) is 1. The molecule has 0 aliphatic heterocycles. The number of hydrogen-bond acceptors (Lipinski definition) is 10. The van der Waals surface area contributed by atoms with E-state index in [1.807, 2.05) is 0 Å². The Balaban J connectivity index is 2.08. The number of rotatable bonds is 24. The van der Waals surface area contributed by atoms with Crippen molar-refractivity contribution in [1.29, 1.82) is 0 Å². The third kappa shape index (κ3) is 18.4. The summed E-state index contributed by atoms with van der Waals surface area (Å²) in [4.78, 5) is 52.2. The quantitative estimate of drug-likeness (QED) is 0.0322. The van der Waals surface area contributed by atoms with Gasteiger partial charge in [-0.15, -0.1) is 0 Å². The van der Waals surface area contributed by atoms with Crippen molar-refractivity contribution in [3.05, 3.63) is 23.8 Å². The van der Waals surface area contributed by atoms with Crippen molar-refractivity contribution in [3.8, 4) is 11.5 Å². The summed E-state index contributed by atoms with van der Waals surface area (Å²) in [5.74, 6) is -2.39. The minimum Gasteiger partial charge on any atom is -0.508 e. The molecule has 4 amide bonds. The highest BCUT2D eigenvalue weighted by molar-refractivity contribution is 5.92. The molecule has 0 aliphatic rings. The third-order valence-corrected chi connectivity index (χ3v) is 6.40. The smallest absolute Gasteiger partial charge is 0.243 e. The number of carbonyl (C=O) groups is 4. The predicted octanol–water partition coefficient (Wildman–Crippen LogP) is -2.65. The molecule has 1 aromatic rings. The molecule has 44 heavy (non-hydrogen) atoms. The number of benzene rings is 1.